The Kier molecular flexibility index (Phi) is 5.85. The molecule has 1 amide bonds. The molecule has 1 aromatic carbocycles. The lowest BCUT2D eigenvalue weighted by molar-refractivity contribution is -0.162. The van der Waals surface area contributed by atoms with Crippen LogP contribution < -0.4 is 0 Å². The number of alkyl halides is 3. The van der Waals surface area contributed by atoms with Crippen LogP contribution in [-0.2, 0) is 23.4 Å². The molecule has 0 radical (unpaired) electrons. The van der Waals surface area contributed by atoms with Gasteiger partial charge in [0.05, 0.1) is 18.9 Å². The molecule has 2 aliphatic rings. The zero-order valence-electron chi connectivity index (χ0n) is 17.0. The number of carbonyl (C=O) groups is 2. The summed E-state index contributed by atoms with van der Waals surface area (Å²) in [4.78, 5) is 28.2. The number of carbonyl (C=O) groups excluding carboxylic acids is 2. The van der Waals surface area contributed by atoms with Crippen molar-refractivity contribution in [3.63, 3.8) is 0 Å². The fourth-order valence-electron chi connectivity index (χ4n) is 4.18. The van der Waals surface area contributed by atoms with Crippen molar-refractivity contribution >= 4 is 46.5 Å². The Hall–Kier alpha value is -1.64. The molecule has 0 bridgehead atoms. The monoisotopic (exact) mass is 487 g/mol. The minimum Gasteiger partial charge on any atom is -0.377 e. The normalized spacial score (nSPS) is 17.9. The lowest BCUT2D eigenvalue weighted by Gasteiger charge is -2.53. The molecule has 6 nitrogen and oxygen atoms in total. The lowest BCUT2D eigenvalue weighted by atomic mass is 9.88. The number of hydrogen-bond acceptors (Lipinski definition) is 4. The second kappa shape index (κ2) is 8.05. The average molecular weight is 489 g/mol. The maximum absolute atomic E-state index is 14.8. The van der Waals surface area contributed by atoms with Crippen LogP contribution in [-0.4, -0.2) is 63.7 Å². The molecule has 1 spiro atoms. The third-order valence-corrected chi connectivity index (χ3v) is 6.41. The van der Waals surface area contributed by atoms with Gasteiger partial charge in [-0.2, -0.15) is 0 Å². The number of fused-ring (bicyclic) bond motifs is 2. The first-order valence-electron chi connectivity index (χ1n) is 9.69. The van der Waals surface area contributed by atoms with Crippen LogP contribution in [0.2, 0.25) is 0 Å². The van der Waals surface area contributed by atoms with E-state index in [1.807, 2.05) is 10.6 Å². The van der Waals surface area contributed by atoms with Gasteiger partial charge in [-0.1, -0.05) is 40.9 Å². The Morgan fingerprint density at radius 3 is 2.42 bits per heavy atom. The third kappa shape index (κ3) is 3.87. The summed E-state index contributed by atoms with van der Waals surface area (Å²) in [5, 5.41) is 0. The average Bonchev–Trinajstić information content (AvgIpc) is 3.10. The van der Waals surface area contributed by atoms with E-state index in [2.05, 4.69) is 4.90 Å². The summed E-state index contributed by atoms with van der Waals surface area (Å²) in [6.07, 6.45) is 0. The number of Topliss-reactive ketones (excluding diaryl/α,β-unsaturated/α-hetero) is 1. The number of ketones is 1. The summed E-state index contributed by atoms with van der Waals surface area (Å²) < 4.78 is 20.2. The van der Waals surface area contributed by atoms with Crippen LogP contribution in [0.4, 0.5) is 4.39 Å². The number of ether oxygens (including phenoxy) is 1. The fourth-order valence-corrected chi connectivity index (χ4v) is 4.47. The SMILES string of the molecule is CN(C)C(=O)c1ccc(CN2CCn3c(C(=O)C(Cl)(Cl)Cl)ccc3C23COC3)c(F)c1. The number of rotatable bonds is 4. The highest BCUT2D eigenvalue weighted by atomic mass is 35.6. The Labute approximate surface area is 194 Å². The quantitative estimate of drug-likeness (QED) is 0.487. The molecule has 1 fully saturated rings. The van der Waals surface area contributed by atoms with Crippen LogP contribution in [0.1, 0.15) is 32.1 Å². The van der Waals surface area contributed by atoms with E-state index in [4.69, 9.17) is 39.5 Å². The molecular formula is C21H21Cl3FN3O3. The van der Waals surface area contributed by atoms with E-state index in [0.29, 0.717) is 49.7 Å². The zero-order valence-corrected chi connectivity index (χ0v) is 19.3. The smallest absolute Gasteiger partial charge is 0.255 e. The first-order chi connectivity index (χ1) is 14.5. The van der Waals surface area contributed by atoms with Crippen molar-refractivity contribution in [2.45, 2.75) is 22.4 Å². The largest absolute Gasteiger partial charge is 0.377 e. The van der Waals surface area contributed by atoms with E-state index in [-0.39, 0.29) is 5.91 Å². The maximum Gasteiger partial charge on any atom is 0.255 e. The van der Waals surface area contributed by atoms with Gasteiger partial charge in [0.15, 0.2) is 0 Å². The van der Waals surface area contributed by atoms with Gasteiger partial charge in [0.2, 0.25) is 5.78 Å². The van der Waals surface area contributed by atoms with E-state index in [1.165, 1.54) is 11.0 Å². The van der Waals surface area contributed by atoms with E-state index < -0.39 is 20.9 Å². The van der Waals surface area contributed by atoms with Crippen molar-refractivity contribution in [2.75, 3.05) is 33.9 Å². The highest BCUT2D eigenvalue weighted by Crippen LogP contribution is 2.42. The van der Waals surface area contributed by atoms with Gasteiger partial charge >= 0.3 is 0 Å². The molecule has 166 valence electrons. The Morgan fingerprint density at radius 2 is 1.87 bits per heavy atom. The fraction of sp³-hybridized carbons (Fsp3) is 0.429. The van der Waals surface area contributed by atoms with Crippen LogP contribution in [0.15, 0.2) is 30.3 Å². The van der Waals surface area contributed by atoms with Crippen molar-refractivity contribution in [1.82, 2.24) is 14.4 Å². The molecule has 0 saturated carbocycles. The van der Waals surface area contributed by atoms with Crippen LogP contribution >= 0.6 is 34.8 Å². The summed E-state index contributed by atoms with van der Waals surface area (Å²) in [6.45, 7) is 2.22. The number of benzene rings is 1. The summed E-state index contributed by atoms with van der Waals surface area (Å²) >= 11 is 17.4. The molecular weight excluding hydrogens is 468 g/mol. The van der Waals surface area contributed by atoms with Crippen molar-refractivity contribution in [3.8, 4) is 0 Å². The van der Waals surface area contributed by atoms with Gasteiger partial charge in [-0.25, -0.2) is 4.39 Å². The van der Waals surface area contributed by atoms with Gasteiger partial charge in [-0.3, -0.25) is 14.5 Å². The molecule has 0 unspecified atom stereocenters. The topological polar surface area (TPSA) is 54.8 Å². The van der Waals surface area contributed by atoms with Crippen LogP contribution in [0.25, 0.3) is 0 Å². The summed E-state index contributed by atoms with van der Waals surface area (Å²) in [7, 11) is 3.25. The Morgan fingerprint density at radius 1 is 1.16 bits per heavy atom. The molecule has 0 atom stereocenters. The number of hydrogen-bond donors (Lipinski definition) is 0. The van der Waals surface area contributed by atoms with E-state index >= 15 is 0 Å². The number of halogens is 4. The van der Waals surface area contributed by atoms with E-state index in [9.17, 15) is 14.0 Å². The zero-order chi connectivity index (χ0) is 22.6. The van der Waals surface area contributed by atoms with Gasteiger partial charge in [0, 0.05) is 50.6 Å². The number of amides is 1. The first-order valence-corrected chi connectivity index (χ1v) is 10.8. The van der Waals surface area contributed by atoms with Gasteiger partial charge in [0.25, 0.3) is 9.70 Å². The van der Waals surface area contributed by atoms with Crippen molar-refractivity contribution in [2.24, 2.45) is 0 Å². The standard InChI is InChI=1S/C21H21Cl3FN3O3/c1-26(2)19(30)13-3-4-14(15(25)9-13)10-27-7-8-28-16(18(29)21(22,23)24)5-6-17(28)20(27)11-31-12-20/h3-6,9H,7-8,10-12H2,1-2H3. The molecule has 2 aromatic rings. The first kappa shape index (κ1) is 22.6. The third-order valence-electron chi connectivity index (χ3n) is 5.90. The molecule has 1 saturated heterocycles. The second-order valence-corrected chi connectivity index (χ2v) is 10.3. The minimum atomic E-state index is -2.04. The summed E-state index contributed by atoms with van der Waals surface area (Å²) in [6, 6.07) is 8.05. The van der Waals surface area contributed by atoms with Gasteiger partial charge in [-0.15, -0.1) is 0 Å². The maximum atomic E-state index is 14.8. The molecule has 1 aromatic heterocycles. The van der Waals surface area contributed by atoms with Crippen LogP contribution in [0, 0.1) is 5.82 Å². The van der Waals surface area contributed by atoms with Crippen molar-refractivity contribution in [3.05, 3.63) is 58.7 Å². The van der Waals surface area contributed by atoms with Crippen molar-refractivity contribution < 1.29 is 18.7 Å². The van der Waals surface area contributed by atoms with E-state index in [0.717, 1.165) is 5.69 Å². The number of aromatic nitrogens is 1. The van der Waals surface area contributed by atoms with Crippen molar-refractivity contribution in [1.29, 1.82) is 0 Å². The summed E-state index contributed by atoms with van der Waals surface area (Å²) in [5.74, 6) is -1.27. The van der Waals surface area contributed by atoms with Gasteiger partial charge < -0.3 is 14.2 Å². The number of nitrogens with zero attached hydrogens (tertiary/aromatic N) is 3. The molecule has 3 heterocycles. The highest BCUT2D eigenvalue weighted by Gasteiger charge is 2.50. The van der Waals surface area contributed by atoms with E-state index in [1.54, 1.807) is 32.3 Å². The van der Waals surface area contributed by atoms with Crippen LogP contribution in [0.3, 0.4) is 0 Å². The predicted molar refractivity (Wildman–Crippen MR) is 116 cm³/mol. The molecule has 2 aliphatic heterocycles. The molecule has 10 heteroatoms. The predicted octanol–water partition coefficient (Wildman–Crippen LogP) is 3.62. The molecule has 0 N–H and O–H groups in total. The molecule has 0 aliphatic carbocycles. The lowest BCUT2D eigenvalue weighted by Crippen LogP contribution is -2.63. The summed E-state index contributed by atoms with van der Waals surface area (Å²) in [5.41, 5.74) is 1.50. The highest BCUT2D eigenvalue weighted by molar-refractivity contribution is 6.77. The molecule has 4 rings (SSSR count). The van der Waals surface area contributed by atoms with Gasteiger partial charge in [0.1, 0.15) is 11.4 Å². The van der Waals surface area contributed by atoms with Crippen LogP contribution in [0.5, 0.6) is 0 Å². The minimum absolute atomic E-state index is 0.253. The molecule has 31 heavy (non-hydrogen) atoms. The Balaban J connectivity index is 1.62. The van der Waals surface area contributed by atoms with Gasteiger partial charge in [-0.05, 0) is 24.3 Å². The second-order valence-electron chi connectivity index (χ2n) is 8.03. The Bertz CT molecular complexity index is 1040.